The van der Waals surface area contributed by atoms with Gasteiger partial charge >= 0.3 is 0 Å². The Kier molecular flexibility index (Phi) is 4.41. The second-order valence-corrected chi connectivity index (χ2v) is 5.39. The second kappa shape index (κ2) is 6.05. The molecule has 96 valence electrons. The molecule has 5 heteroatoms. The molecule has 0 radical (unpaired) electrons. The van der Waals surface area contributed by atoms with Gasteiger partial charge in [-0.15, -0.1) is 0 Å². The van der Waals surface area contributed by atoms with Crippen LogP contribution in [-0.2, 0) is 6.54 Å². The Morgan fingerprint density at radius 3 is 2.89 bits per heavy atom. The lowest BCUT2D eigenvalue weighted by Gasteiger charge is -2.19. The molecule has 1 heterocycles. The van der Waals surface area contributed by atoms with Crippen molar-refractivity contribution in [1.82, 2.24) is 4.98 Å². The fourth-order valence-electron chi connectivity index (χ4n) is 1.77. The van der Waals surface area contributed by atoms with E-state index in [1.165, 1.54) is 0 Å². The Labute approximate surface area is 125 Å². The lowest BCUT2D eigenvalue weighted by Crippen LogP contribution is -2.18. The van der Waals surface area contributed by atoms with E-state index in [4.69, 9.17) is 16.9 Å². The molecular weight excluding hydrogens is 326 g/mol. The molecule has 2 rings (SSSR count). The van der Waals surface area contributed by atoms with Gasteiger partial charge in [-0.05, 0) is 23.8 Å². The second-order valence-electron chi connectivity index (χ2n) is 4.09. The molecule has 0 N–H and O–H groups in total. The summed E-state index contributed by atoms with van der Waals surface area (Å²) in [5, 5.41) is 9.36. The molecule has 2 aromatic rings. The first-order valence-corrected chi connectivity index (χ1v) is 6.79. The molecule has 0 bridgehead atoms. The summed E-state index contributed by atoms with van der Waals surface area (Å²) in [6.45, 7) is 0.668. The van der Waals surface area contributed by atoms with Crippen LogP contribution in [0, 0.1) is 11.3 Å². The largest absolute Gasteiger partial charge is 0.354 e. The zero-order valence-corrected chi connectivity index (χ0v) is 12.6. The highest BCUT2D eigenvalue weighted by atomic mass is 79.9. The van der Waals surface area contributed by atoms with E-state index < -0.39 is 0 Å². The zero-order chi connectivity index (χ0) is 13.8. The minimum Gasteiger partial charge on any atom is -0.354 e. The van der Waals surface area contributed by atoms with Crippen molar-refractivity contribution in [3.8, 4) is 6.07 Å². The van der Waals surface area contributed by atoms with Crippen LogP contribution in [0.4, 0.5) is 5.82 Å². The van der Waals surface area contributed by atoms with E-state index in [2.05, 4.69) is 27.0 Å². The van der Waals surface area contributed by atoms with Crippen molar-refractivity contribution >= 4 is 33.3 Å². The fraction of sp³-hybridized carbons (Fsp3) is 0.143. The van der Waals surface area contributed by atoms with Crippen LogP contribution < -0.4 is 4.90 Å². The monoisotopic (exact) mass is 335 g/mol. The molecule has 0 unspecified atom stereocenters. The van der Waals surface area contributed by atoms with Gasteiger partial charge in [0.1, 0.15) is 16.9 Å². The van der Waals surface area contributed by atoms with Crippen molar-refractivity contribution in [1.29, 1.82) is 5.26 Å². The van der Waals surface area contributed by atoms with Crippen molar-refractivity contribution in [3.05, 3.63) is 57.2 Å². The maximum absolute atomic E-state index is 8.96. The molecule has 0 saturated carbocycles. The van der Waals surface area contributed by atoms with Crippen LogP contribution in [0.15, 0.2) is 41.0 Å². The van der Waals surface area contributed by atoms with Crippen LogP contribution in [0.3, 0.4) is 0 Å². The number of hydrogen-bond donors (Lipinski definition) is 0. The quantitative estimate of drug-likeness (QED) is 0.850. The Hall–Kier alpha value is -1.57. The standard InChI is InChI=1S/C14H11BrClN3/c1-19(9-10-3-2-4-12(15)7-10)14-13(16)11(8-17)5-6-18-14/h2-7H,9H2,1H3. The number of aromatic nitrogens is 1. The summed E-state index contributed by atoms with van der Waals surface area (Å²) in [6, 6.07) is 11.7. The van der Waals surface area contributed by atoms with Crippen LogP contribution in [0.5, 0.6) is 0 Å². The van der Waals surface area contributed by atoms with E-state index in [9.17, 15) is 0 Å². The highest BCUT2D eigenvalue weighted by Gasteiger charge is 2.11. The Morgan fingerprint density at radius 2 is 2.21 bits per heavy atom. The minimum absolute atomic E-state index is 0.391. The number of hydrogen-bond acceptors (Lipinski definition) is 3. The first-order valence-electron chi connectivity index (χ1n) is 5.62. The third kappa shape index (κ3) is 3.25. The van der Waals surface area contributed by atoms with Gasteiger partial charge in [-0.1, -0.05) is 39.7 Å². The average molecular weight is 337 g/mol. The van der Waals surface area contributed by atoms with Gasteiger partial charge in [0, 0.05) is 24.3 Å². The molecule has 0 aliphatic heterocycles. The normalized spacial score (nSPS) is 10.0. The first kappa shape index (κ1) is 13.9. The number of rotatable bonds is 3. The number of benzene rings is 1. The average Bonchev–Trinajstić information content (AvgIpc) is 2.39. The minimum atomic E-state index is 0.391. The van der Waals surface area contributed by atoms with Crippen molar-refractivity contribution in [2.75, 3.05) is 11.9 Å². The molecule has 1 aromatic carbocycles. The van der Waals surface area contributed by atoms with Gasteiger partial charge in [-0.3, -0.25) is 0 Å². The Morgan fingerprint density at radius 1 is 1.42 bits per heavy atom. The van der Waals surface area contributed by atoms with Gasteiger partial charge in [0.15, 0.2) is 0 Å². The van der Waals surface area contributed by atoms with E-state index in [-0.39, 0.29) is 0 Å². The Balaban J connectivity index is 2.26. The molecule has 3 nitrogen and oxygen atoms in total. The molecule has 0 amide bonds. The molecule has 0 aliphatic carbocycles. The summed E-state index contributed by atoms with van der Waals surface area (Å²) in [7, 11) is 1.90. The van der Waals surface area contributed by atoms with Gasteiger partial charge in [-0.25, -0.2) is 4.98 Å². The molecule has 1 aromatic heterocycles. The highest BCUT2D eigenvalue weighted by molar-refractivity contribution is 9.10. The van der Waals surface area contributed by atoms with E-state index >= 15 is 0 Å². The van der Waals surface area contributed by atoms with Crippen LogP contribution in [0.25, 0.3) is 0 Å². The van der Waals surface area contributed by atoms with Crippen molar-refractivity contribution in [2.24, 2.45) is 0 Å². The van der Waals surface area contributed by atoms with E-state index in [1.807, 2.05) is 36.2 Å². The number of anilines is 1. The summed E-state index contributed by atoms with van der Waals surface area (Å²) in [4.78, 5) is 6.16. The molecule has 0 atom stereocenters. The third-order valence-corrected chi connectivity index (χ3v) is 3.53. The first-order chi connectivity index (χ1) is 9.11. The zero-order valence-electron chi connectivity index (χ0n) is 10.3. The van der Waals surface area contributed by atoms with E-state index in [1.54, 1.807) is 12.3 Å². The molecular formula is C14H11BrClN3. The maximum Gasteiger partial charge on any atom is 0.148 e. The summed E-state index contributed by atoms with van der Waals surface area (Å²) >= 11 is 9.61. The van der Waals surface area contributed by atoms with Crippen molar-refractivity contribution in [3.63, 3.8) is 0 Å². The predicted molar refractivity (Wildman–Crippen MR) is 80.2 cm³/mol. The van der Waals surface area contributed by atoms with Gasteiger partial charge in [-0.2, -0.15) is 5.26 Å². The fourth-order valence-corrected chi connectivity index (χ4v) is 2.51. The molecule has 0 fully saturated rings. The molecule has 0 spiro atoms. The molecule has 0 saturated heterocycles. The third-order valence-electron chi connectivity index (χ3n) is 2.66. The number of nitriles is 1. The molecule has 0 aliphatic rings. The molecule has 19 heavy (non-hydrogen) atoms. The van der Waals surface area contributed by atoms with Gasteiger partial charge < -0.3 is 4.90 Å². The van der Waals surface area contributed by atoms with E-state index in [0.29, 0.717) is 22.9 Å². The lowest BCUT2D eigenvalue weighted by molar-refractivity contribution is 0.897. The number of nitrogens with zero attached hydrogens (tertiary/aromatic N) is 3. The Bertz CT molecular complexity index is 637. The van der Waals surface area contributed by atoms with Crippen LogP contribution >= 0.6 is 27.5 Å². The van der Waals surface area contributed by atoms with Crippen LogP contribution in [-0.4, -0.2) is 12.0 Å². The van der Waals surface area contributed by atoms with Crippen molar-refractivity contribution < 1.29 is 0 Å². The lowest BCUT2D eigenvalue weighted by atomic mass is 10.2. The topological polar surface area (TPSA) is 39.9 Å². The maximum atomic E-state index is 8.96. The highest BCUT2D eigenvalue weighted by Crippen LogP contribution is 2.26. The summed E-state index contributed by atoms with van der Waals surface area (Å²) in [5.41, 5.74) is 1.57. The van der Waals surface area contributed by atoms with Gasteiger partial charge in [0.2, 0.25) is 0 Å². The van der Waals surface area contributed by atoms with Crippen LogP contribution in [0.1, 0.15) is 11.1 Å². The summed E-state index contributed by atoms with van der Waals surface area (Å²) < 4.78 is 1.03. The van der Waals surface area contributed by atoms with Gasteiger partial charge in [0.05, 0.1) is 5.56 Å². The smallest absolute Gasteiger partial charge is 0.148 e. The number of pyridine rings is 1. The van der Waals surface area contributed by atoms with Crippen LogP contribution in [0.2, 0.25) is 5.02 Å². The summed E-state index contributed by atoms with van der Waals surface area (Å²) in [5.74, 6) is 0.612. The summed E-state index contributed by atoms with van der Waals surface area (Å²) in [6.07, 6.45) is 1.59. The van der Waals surface area contributed by atoms with E-state index in [0.717, 1.165) is 10.0 Å². The predicted octanol–water partition coefficient (Wildman–Crippen LogP) is 4.01. The van der Waals surface area contributed by atoms with Crippen molar-refractivity contribution in [2.45, 2.75) is 6.54 Å². The van der Waals surface area contributed by atoms with Gasteiger partial charge in [0.25, 0.3) is 0 Å². The SMILES string of the molecule is CN(Cc1cccc(Br)c1)c1nccc(C#N)c1Cl. The number of halogens is 2.